The summed E-state index contributed by atoms with van der Waals surface area (Å²) in [7, 11) is 0. The Morgan fingerprint density at radius 3 is 2.40 bits per heavy atom. The molecule has 0 rings (SSSR count). The quantitative estimate of drug-likeness (QED) is 0.606. The first kappa shape index (κ1) is 15.3. The van der Waals surface area contributed by atoms with E-state index in [-0.39, 0.29) is 0 Å². The number of hydrogen-bond donors (Lipinski definition) is 1. The Labute approximate surface area is 101 Å². The van der Waals surface area contributed by atoms with Gasteiger partial charge in [0.15, 0.2) is 0 Å². The molecule has 0 amide bonds. The molecule has 0 aromatic carbocycles. The monoisotopic (exact) mass is 231 g/mol. The van der Waals surface area contributed by atoms with E-state index in [1.807, 2.05) is 0 Å². The van der Waals surface area contributed by atoms with Gasteiger partial charge in [0, 0.05) is 6.54 Å². The summed E-state index contributed by atoms with van der Waals surface area (Å²) in [4.78, 5) is 0. The molecule has 0 saturated heterocycles. The SMILES string of the molecule is CCCNCC(C)(CCSCC)C(C)C. The van der Waals surface area contributed by atoms with Gasteiger partial charge in [0.2, 0.25) is 0 Å². The summed E-state index contributed by atoms with van der Waals surface area (Å²) in [5.74, 6) is 3.31. The van der Waals surface area contributed by atoms with Crippen molar-refractivity contribution in [1.82, 2.24) is 5.32 Å². The maximum atomic E-state index is 3.57. The highest BCUT2D eigenvalue weighted by molar-refractivity contribution is 7.99. The van der Waals surface area contributed by atoms with E-state index < -0.39 is 0 Å². The molecule has 0 fully saturated rings. The van der Waals surface area contributed by atoms with E-state index in [4.69, 9.17) is 0 Å². The van der Waals surface area contributed by atoms with Crippen LogP contribution >= 0.6 is 11.8 Å². The number of thioether (sulfide) groups is 1. The van der Waals surface area contributed by atoms with Gasteiger partial charge < -0.3 is 5.32 Å². The van der Waals surface area contributed by atoms with E-state index in [9.17, 15) is 0 Å². The van der Waals surface area contributed by atoms with Gasteiger partial charge in [-0.3, -0.25) is 0 Å². The second-order valence-corrected chi connectivity index (χ2v) is 6.33. The Hall–Kier alpha value is 0.310. The molecule has 0 aliphatic carbocycles. The highest BCUT2D eigenvalue weighted by atomic mass is 32.2. The molecular formula is C13H29NS. The molecular weight excluding hydrogens is 202 g/mol. The Kier molecular flexibility index (Phi) is 8.64. The van der Waals surface area contributed by atoms with Crippen LogP contribution < -0.4 is 5.32 Å². The minimum atomic E-state index is 0.470. The van der Waals surface area contributed by atoms with Gasteiger partial charge in [0.25, 0.3) is 0 Å². The summed E-state index contributed by atoms with van der Waals surface area (Å²) in [6.07, 6.45) is 2.57. The lowest BCUT2D eigenvalue weighted by Crippen LogP contribution is -2.37. The summed E-state index contributed by atoms with van der Waals surface area (Å²) in [6.45, 7) is 13.9. The molecule has 0 aromatic heterocycles. The van der Waals surface area contributed by atoms with Crippen LogP contribution in [0, 0.1) is 11.3 Å². The zero-order valence-electron chi connectivity index (χ0n) is 11.2. The average Bonchev–Trinajstić information content (AvgIpc) is 2.18. The molecule has 92 valence electrons. The fourth-order valence-electron chi connectivity index (χ4n) is 1.58. The Balaban J connectivity index is 3.95. The first-order valence-electron chi connectivity index (χ1n) is 6.35. The van der Waals surface area contributed by atoms with Gasteiger partial charge in [-0.15, -0.1) is 0 Å². The van der Waals surface area contributed by atoms with Crippen molar-refractivity contribution in [3.63, 3.8) is 0 Å². The minimum Gasteiger partial charge on any atom is -0.316 e. The second kappa shape index (κ2) is 8.46. The third kappa shape index (κ3) is 6.47. The van der Waals surface area contributed by atoms with E-state index in [1.54, 1.807) is 0 Å². The lowest BCUT2D eigenvalue weighted by atomic mass is 9.77. The van der Waals surface area contributed by atoms with E-state index >= 15 is 0 Å². The number of hydrogen-bond acceptors (Lipinski definition) is 2. The van der Waals surface area contributed by atoms with Crippen molar-refractivity contribution >= 4 is 11.8 Å². The molecule has 0 aromatic rings. The Morgan fingerprint density at radius 2 is 1.93 bits per heavy atom. The molecule has 0 heterocycles. The van der Waals surface area contributed by atoms with Crippen molar-refractivity contribution in [2.75, 3.05) is 24.6 Å². The van der Waals surface area contributed by atoms with Crippen molar-refractivity contribution in [2.24, 2.45) is 11.3 Å². The van der Waals surface area contributed by atoms with E-state index in [0.29, 0.717) is 5.41 Å². The van der Waals surface area contributed by atoms with Crippen LogP contribution in [0.4, 0.5) is 0 Å². The van der Waals surface area contributed by atoms with Crippen LogP contribution in [0.25, 0.3) is 0 Å². The third-order valence-electron chi connectivity index (χ3n) is 3.37. The standard InChI is InChI=1S/C13H29NS/c1-6-9-14-11-13(5,12(3)4)8-10-15-7-2/h12,14H,6-11H2,1-5H3. The van der Waals surface area contributed by atoms with Crippen LogP contribution in [0.15, 0.2) is 0 Å². The molecule has 1 N–H and O–H groups in total. The van der Waals surface area contributed by atoms with Crippen LogP contribution in [0.1, 0.15) is 47.5 Å². The van der Waals surface area contributed by atoms with Gasteiger partial charge in [-0.2, -0.15) is 11.8 Å². The first-order chi connectivity index (χ1) is 7.06. The van der Waals surface area contributed by atoms with Crippen molar-refractivity contribution in [3.05, 3.63) is 0 Å². The van der Waals surface area contributed by atoms with Crippen LogP contribution in [0.2, 0.25) is 0 Å². The largest absolute Gasteiger partial charge is 0.316 e. The molecule has 0 aliphatic heterocycles. The van der Waals surface area contributed by atoms with E-state index in [0.717, 1.165) is 12.5 Å². The van der Waals surface area contributed by atoms with Gasteiger partial charge in [-0.05, 0) is 42.2 Å². The maximum Gasteiger partial charge on any atom is 0.000790 e. The zero-order chi connectivity index (χ0) is 11.7. The number of nitrogens with one attached hydrogen (secondary N) is 1. The lowest BCUT2D eigenvalue weighted by Gasteiger charge is -2.34. The summed E-state index contributed by atoms with van der Waals surface area (Å²) < 4.78 is 0. The highest BCUT2D eigenvalue weighted by Crippen LogP contribution is 2.31. The maximum absolute atomic E-state index is 3.57. The molecule has 0 spiro atoms. The van der Waals surface area contributed by atoms with Gasteiger partial charge in [-0.1, -0.05) is 34.6 Å². The molecule has 1 unspecified atom stereocenters. The molecule has 0 aliphatic rings. The fraction of sp³-hybridized carbons (Fsp3) is 1.00. The van der Waals surface area contributed by atoms with Gasteiger partial charge in [0.1, 0.15) is 0 Å². The highest BCUT2D eigenvalue weighted by Gasteiger charge is 2.27. The Morgan fingerprint density at radius 1 is 1.27 bits per heavy atom. The summed E-state index contributed by atoms with van der Waals surface area (Å²) >= 11 is 2.06. The summed E-state index contributed by atoms with van der Waals surface area (Å²) in [6, 6.07) is 0. The van der Waals surface area contributed by atoms with Gasteiger partial charge in [0.05, 0.1) is 0 Å². The second-order valence-electron chi connectivity index (χ2n) is 4.93. The van der Waals surface area contributed by atoms with Crippen molar-refractivity contribution < 1.29 is 0 Å². The third-order valence-corrected chi connectivity index (χ3v) is 4.27. The molecule has 0 radical (unpaired) electrons. The summed E-state index contributed by atoms with van der Waals surface area (Å²) in [5.41, 5.74) is 0.470. The molecule has 2 heteroatoms. The molecule has 0 saturated carbocycles. The topological polar surface area (TPSA) is 12.0 Å². The molecule has 15 heavy (non-hydrogen) atoms. The van der Waals surface area contributed by atoms with Crippen molar-refractivity contribution in [1.29, 1.82) is 0 Å². The molecule has 1 atom stereocenters. The van der Waals surface area contributed by atoms with Gasteiger partial charge in [-0.25, -0.2) is 0 Å². The predicted molar refractivity (Wildman–Crippen MR) is 73.7 cm³/mol. The average molecular weight is 231 g/mol. The predicted octanol–water partition coefficient (Wildman–Crippen LogP) is 3.79. The van der Waals surface area contributed by atoms with Crippen LogP contribution in [-0.2, 0) is 0 Å². The van der Waals surface area contributed by atoms with Crippen LogP contribution in [0.3, 0.4) is 0 Å². The lowest BCUT2D eigenvalue weighted by molar-refractivity contribution is 0.202. The molecule has 1 nitrogen and oxygen atoms in total. The smallest absolute Gasteiger partial charge is 0.000790 e. The van der Waals surface area contributed by atoms with Crippen LogP contribution in [-0.4, -0.2) is 24.6 Å². The van der Waals surface area contributed by atoms with Crippen molar-refractivity contribution in [2.45, 2.75) is 47.5 Å². The minimum absolute atomic E-state index is 0.470. The molecule has 0 bridgehead atoms. The number of rotatable bonds is 9. The van der Waals surface area contributed by atoms with Gasteiger partial charge >= 0.3 is 0 Å². The zero-order valence-corrected chi connectivity index (χ0v) is 12.0. The van der Waals surface area contributed by atoms with Crippen molar-refractivity contribution in [3.8, 4) is 0 Å². The normalized spacial score (nSPS) is 15.6. The summed E-state index contributed by atoms with van der Waals surface area (Å²) in [5, 5.41) is 3.57. The first-order valence-corrected chi connectivity index (χ1v) is 7.50. The van der Waals surface area contributed by atoms with E-state index in [1.165, 1.54) is 30.9 Å². The fourth-order valence-corrected chi connectivity index (χ4v) is 2.48. The Bertz CT molecular complexity index is 135. The van der Waals surface area contributed by atoms with Crippen LogP contribution in [0.5, 0.6) is 0 Å². The van der Waals surface area contributed by atoms with E-state index in [2.05, 4.69) is 51.7 Å².